The summed E-state index contributed by atoms with van der Waals surface area (Å²) in [6.45, 7) is 2.69. The van der Waals surface area contributed by atoms with Crippen LogP contribution in [-0.4, -0.2) is 24.1 Å². The number of hydrogen-bond acceptors (Lipinski definition) is 6. The summed E-state index contributed by atoms with van der Waals surface area (Å²) < 4.78 is 34.5. The van der Waals surface area contributed by atoms with E-state index in [2.05, 4.69) is 17.6 Å². The molecule has 1 heterocycles. The first-order chi connectivity index (χ1) is 19.9. The summed E-state index contributed by atoms with van der Waals surface area (Å²) in [5.41, 5.74) is 4.68. The number of nitriles is 1. The number of ether oxygens (including phenoxy) is 1. The summed E-state index contributed by atoms with van der Waals surface area (Å²) in [5.74, 6) is 1.17. The van der Waals surface area contributed by atoms with Crippen LogP contribution in [0.3, 0.4) is 0 Å². The summed E-state index contributed by atoms with van der Waals surface area (Å²) in [5, 5.41) is 9.72. The maximum atomic E-state index is 12.5. The topological polar surface area (TPSA) is 114 Å². The van der Waals surface area contributed by atoms with Gasteiger partial charge < -0.3 is 9.30 Å². The average Bonchev–Trinajstić information content (AvgIpc) is 3.34. The predicted octanol–water partition coefficient (Wildman–Crippen LogP) is 6.44. The monoisotopic (exact) mass is 564 g/mol. The van der Waals surface area contributed by atoms with E-state index in [4.69, 9.17) is 9.72 Å². The van der Waals surface area contributed by atoms with Crippen LogP contribution in [0.15, 0.2) is 102 Å². The van der Waals surface area contributed by atoms with Crippen LogP contribution in [0, 0.1) is 11.3 Å². The number of nitrogens with zero attached hydrogens (tertiary/aromatic N) is 3. The van der Waals surface area contributed by atoms with E-state index in [0.29, 0.717) is 17.7 Å². The molecule has 0 saturated carbocycles. The molecule has 1 aromatic heterocycles. The molecule has 0 fully saturated rings. The van der Waals surface area contributed by atoms with Crippen molar-refractivity contribution in [3.8, 4) is 22.9 Å². The number of fused-ring (bicyclic) bond motifs is 1. The van der Waals surface area contributed by atoms with Gasteiger partial charge in [0.15, 0.2) is 0 Å². The first-order valence-corrected chi connectivity index (χ1v) is 14.7. The van der Waals surface area contributed by atoms with Gasteiger partial charge in [0.05, 0.1) is 21.5 Å². The lowest BCUT2D eigenvalue weighted by molar-refractivity contribution is 0.207. The van der Waals surface area contributed by atoms with Gasteiger partial charge in [-0.2, -0.15) is 5.26 Å². The lowest BCUT2D eigenvalue weighted by Gasteiger charge is -2.13. The van der Waals surface area contributed by atoms with Crippen LogP contribution in [0.1, 0.15) is 36.7 Å². The molecular formula is C32H28N4O4S. The Bertz CT molecular complexity index is 1840. The molecule has 1 N–H and O–H groups in total. The zero-order valence-corrected chi connectivity index (χ0v) is 23.3. The van der Waals surface area contributed by atoms with Crippen LogP contribution in [0.4, 0.5) is 4.79 Å². The van der Waals surface area contributed by atoms with E-state index in [-0.39, 0.29) is 10.6 Å². The van der Waals surface area contributed by atoms with Crippen LogP contribution in [0.25, 0.3) is 22.2 Å². The maximum absolute atomic E-state index is 12.5. The maximum Gasteiger partial charge on any atom is 0.426 e. The Kier molecular flexibility index (Phi) is 8.13. The number of nitrogens with one attached hydrogen (secondary N) is 1. The molecule has 1 amide bonds. The van der Waals surface area contributed by atoms with Gasteiger partial charge in [-0.25, -0.2) is 22.9 Å². The van der Waals surface area contributed by atoms with Crippen molar-refractivity contribution in [1.29, 1.82) is 5.26 Å². The lowest BCUT2D eigenvalue weighted by atomic mass is 10.0. The number of para-hydroxylation sites is 2. The van der Waals surface area contributed by atoms with E-state index in [1.807, 2.05) is 53.3 Å². The smallest absolute Gasteiger partial charge is 0.409 e. The number of carbonyl (C=O) groups excluding carboxylic acids is 1. The molecule has 5 rings (SSSR count). The van der Waals surface area contributed by atoms with Gasteiger partial charge in [-0.15, -0.1) is 0 Å². The molecule has 0 aliphatic carbocycles. The Morgan fingerprint density at radius 2 is 1.68 bits per heavy atom. The van der Waals surface area contributed by atoms with Crippen molar-refractivity contribution in [3.05, 3.63) is 114 Å². The number of hydrogen-bond donors (Lipinski definition) is 1. The number of amides is 1. The fourth-order valence-corrected chi connectivity index (χ4v) is 5.57. The van der Waals surface area contributed by atoms with E-state index in [0.717, 1.165) is 47.2 Å². The third-order valence-corrected chi connectivity index (χ3v) is 8.01. The summed E-state index contributed by atoms with van der Waals surface area (Å²) in [7, 11) is -4.07. The fourth-order valence-electron chi connectivity index (χ4n) is 4.68. The number of aryl methyl sites for hydroxylation is 1. The molecule has 9 heteroatoms. The van der Waals surface area contributed by atoms with Crippen LogP contribution in [0.5, 0.6) is 5.75 Å². The van der Waals surface area contributed by atoms with Crippen LogP contribution < -0.4 is 9.46 Å². The van der Waals surface area contributed by atoms with Gasteiger partial charge in [0.2, 0.25) is 0 Å². The van der Waals surface area contributed by atoms with Crippen molar-refractivity contribution < 1.29 is 17.9 Å². The van der Waals surface area contributed by atoms with E-state index in [1.54, 1.807) is 36.4 Å². The molecule has 0 radical (unpaired) electrons. The highest BCUT2D eigenvalue weighted by atomic mass is 32.2. The van der Waals surface area contributed by atoms with Crippen LogP contribution >= 0.6 is 0 Å². The number of sulfonamides is 1. The van der Waals surface area contributed by atoms with Gasteiger partial charge in [-0.1, -0.05) is 80.1 Å². The largest absolute Gasteiger partial charge is 0.426 e. The molecule has 5 aromatic rings. The summed E-state index contributed by atoms with van der Waals surface area (Å²) in [6, 6.07) is 30.3. The molecule has 0 spiro atoms. The van der Waals surface area contributed by atoms with Gasteiger partial charge in [-0.3, -0.25) is 0 Å². The zero-order valence-electron chi connectivity index (χ0n) is 22.4. The standard InChI is InChI=1S/C32H28N4O4S/c1-2-3-16-30-34-28-14-9-10-25(21-33)31(28)36(30)22-23-17-19-24(20-18-23)27-13-7-8-15-29(27)40-32(37)35-41(38,39)26-11-5-4-6-12-26/h4-15,17-20H,2-3,16,22H2,1H3,(H,35,37). The van der Waals surface area contributed by atoms with Gasteiger partial charge in [0.25, 0.3) is 10.0 Å². The van der Waals surface area contributed by atoms with E-state index >= 15 is 0 Å². The van der Waals surface area contributed by atoms with Crippen molar-refractivity contribution in [3.63, 3.8) is 0 Å². The second kappa shape index (κ2) is 12.1. The van der Waals surface area contributed by atoms with Crippen molar-refractivity contribution in [2.45, 2.75) is 37.6 Å². The third-order valence-electron chi connectivity index (χ3n) is 6.69. The third kappa shape index (κ3) is 6.13. The van der Waals surface area contributed by atoms with Crippen molar-refractivity contribution >= 4 is 27.1 Å². The number of benzene rings is 4. The Labute approximate surface area is 238 Å². The average molecular weight is 565 g/mol. The van der Waals surface area contributed by atoms with E-state index in [1.165, 1.54) is 12.1 Å². The molecule has 8 nitrogen and oxygen atoms in total. The molecular weight excluding hydrogens is 536 g/mol. The minimum Gasteiger partial charge on any atom is -0.409 e. The second-order valence-electron chi connectivity index (χ2n) is 9.50. The highest BCUT2D eigenvalue weighted by Crippen LogP contribution is 2.31. The number of carbonyl (C=O) groups is 1. The molecule has 0 unspecified atom stereocenters. The zero-order chi connectivity index (χ0) is 28.8. The lowest BCUT2D eigenvalue weighted by Crippen LogP contribution is -2.33. The normalized spacial score (nSPS) is 11.2. The van der Waals surface area contributed by atoms with Crippen molar-refractivity contribution in [2.75, 3.05) is 0 Å². The molecule has 0 saturated heterocycles. The molecule has 0 bridgehead atoms. The SMILES string of the molecule is CCCCc1nc2cccc(C#N)c2n1Cc1ccc(-c2ccccc2OC(=O)NS(=O)(=O)c2ccccc2)cc1. The van der Waals surface area contributed by atoms with Crippen LogP contribution in [-0.2, 0) is 23.0 Å². The van der Waals surface area contributed by atoms with Gasteiger partial charge in [0.1, 0.15) is 17.6 Å². The quantitative estimate of drug-likeness (QED) is 0.220. The molecule has 0 atom stereocenters. The Balaban J connectivity index is 1.38. The minimum atomic E-state index is -4.07. The number of rotatable bonds is 9. The van der Waals surface area contributed by atoms with Gasteiger partial charge in [0, 0.05) is 18.5 Å². The Hall–Kier alpha value is -4.94. The Morgan fingerprint density at radius 3 is 2.41 bits per heavy atom. The van der Waals surface area contributed by atoms with Gasteiger partial charge >= 0.3 is 6.09 Å². The van der Waals surface area contributed by atoms with Crippen LogP contribution in [0.2, 0.25) is 0 Å². The van der Waals surface area contributed by atoms with E-state index in [9.17, 15) is 18.5 Å². The second-order valence-corrected chi connectivity index (χ2v) is 11.2. The van der Waals surface area contributed by atoms with Gasteiger partial charge in [-0.05, 0) is 47.9 Å². The van der Waals surface area contributed by atoms with Crippen molar-refractivity contribution in [1.82, 2.24) is 14.3 Å². The summed E-state index contributed by atoms with van der Waals surface area (Å²) >= 11 is 0. The molecule has 4 aromatic carbocycles. The minimum absolute atomic E-state index is 0.0359. The molecule has 0 aliphatic heterocycles. The summed E-state index contributed by atoms with van der Waals surface area (Å²) in [4.78, 5) is 17.3. The Morgan fingerprint density at radius 1 is 0.951 bits per heavy atom. The highest BCUT2D eigenvalue weighted by molar-refractivity contribution is 7.90. The number of aromatic nitrogens is 2. The molecule has 41 heavy (non-hydrogen) atoms. The van der Waals surface area contributed by atoms with Crippen molar-refractivity contribution in [2.24, 2.45) is 0 Å². The first-order valence-electron chi connectivity index (χ1n) is 13.3. The molecule has 0 aliphatic rings. The fraction of sp³-hybridized carbons (Fsp3) is 0.156. The highest BCUT2D eigenvalue weighted by Gasteiger charge is 2.20. The molecule has 206 valence electrons. The summed E-state index contributed by atoms with van der Waals surface area (Å²) in [6.07, 6.45) is 1.76. The van der Waals surface area contributed by atoms with E-state index < -0.39 is 16.1 Å². The number of unbranched alkanes of at least 4 members (excludes halogenated alkanes) is 1. The first kappa shape index (κ1) is 27.6. The number of imidazole rings is 1. The predicted molar refractivity (Wildman–Crippen MR) is 157 cm³/mol.